The van der Waals surface area contributed by atoms with E-state index in [9.17, 15) is 14.4 Å². The van der Waals surface area contributed by atoms with Gasteiger partial charge in [0.15, 0.2) is 12.4 Å². The standard InChI is InChI=1S/C25H26N2O4S/c1-15-21-23(26-20-8-5-13-27(20)24(21)29)32-22(15)25(30)31-14-19(28)18-11-9-17(10-12-18)16-6-3-2-4-7-16/h9-12,16H,2-8,13-14H2,1H3. The zero-order valence-electron chi connectivity index (χ0n) is 18.2. The number of ether oxygens (including phenoxy) is 1. The largest absolute Gasteiger partial charge is 0.453 e. The lowest BCUT2D eigenvalue weighted by atomic mass is 9.84. The van der Waals surface area contributed by atoms with Crippen LogP contribution in [0.3, 0.4) is 0 Å². The first kappa shape index (κ1) is 21.1. The molecule has 2 aliphatic rings. The maximum Gasteiger partial charge on any atom is 0.349 e. The molecule has 0 radical (unpaired) electrons. The monoisotopic (exact) mass is 450 g/mol. The molecule has 7 heteroatoms. The SMILES string of the molecule is Cc1c(C(=O)OCC(=O)c2ccc(C3CCCCC3)cc2)sc2nc3n(c(=O)c12)CCC3. The molecule has 0 bridgehead atoms. The van der Waals surface area contributed by atoms with Crippen LogP contribution in [0, 0.1) is 6.92 Å². The van der Waals surface area contributed by atoms with Crippen LogP contribution in [-0.2, 0) is 17.7 Å². The Morgan fingerprint density at radius 3 is 2.62 bits per heavy atom. The van der Waals surface area contributed by atoms with E-state index in [-0.39, 0.29) is 17.9 Å². The van der Waals surface area contributed by atoms with E-state index in [1.807, 2.05) is 24.3 Å². The zero-order valence-corrected chi connectivity index (χ0v) is 19.0. The number of rotatable bonds is 5. The van der Waals surface area contributed by atoms with E-state index >= 15 is 0 Å². The first-order valence-corrected chi connectivity index (χ1v) is 12.2. The number of Topliss-reactive ketones (excluding diaryl/α,β-unsaturated/α-hetero) is 1. The second-order valence-corrected chi connectivity index (χ2v) is 9.78. The average molecular weight is 451 g/mol. The highest BCUT2D eigenvalue weighted by molar-refractivity contribution is 7.20. The van der Waals surface area contributed by atoms with Crippen molar-refractivity contribution in [1.82, 2.24) is 9.55 Å². The third-order valence-corrected chi connectivity index (χ3v) is 7.91. The van der Waals surface area contributed by atoms with E-state index in [1.54, 1.807) is 11.5 Å². The van der Waals surface area contributed by atoms with Gasteiger partial charge in [-0.3, -0.25) is 14.2 Å². The van der Waals surface area contributed by atoms with Gasteiger partial charge in [0.2, 0.25) is 0 Å². The van der Waals surface area contributed by atoms with Gasteiger partial charge in [-0.15, -0.1) is 11.3 Å². The maximum atomic E-state index is 12.8. The molecule has 3 aromatic rings. The first-order valence-electron chi connectivity index (χ1n) is 11.4. The second-order valence-electron chi connectivity index (χ2n) is 8.78. The highest BCUT2D eigenvalue weighted by Crippen LogP contribution is 2.33. The third kappa shape index (κ3) is 3.79. The number of thiophene rings is 1. The van der Waals surface area contributed by atoms with Gasteiger partial charge < -0.3 is 4.74 Å². The number of aryl methyl sites for hydroxylation is 2. The molecule has 32 heavy (non-hydrogen) atoms. The normalized spacial score (nSPS) is 16.3. The van der Waals surface area contributed by atoms with Crippen molar-refractivity contribution in [3.63, 3.8) is 0 Å². The minimum absolute atomic E-state index is 0.0931. The van der Waals surface area contributed by atoms with Crippen molar-refractivity contribution in [2.45, 2.75) is 64.3 Å². The number of fused-ring (bicyclic) bond motifs is 2. The number of carbonyl (C=O) groups is 2. The summed E-state index contributed by atoms with van der Waals surface area (Å²) in [5, 5.41) is 0.484. The van der Waals surface area contributed by atoms with Gasteiger partial charge in [0.1, 0.15) is 15.5 Å². The fraction of sp³-hybridized carbons (Fsp3) is 0.440. The molecule has 166 valence electrons. The van der Waals surface area contributed by atoms with Crippen molar-refractivity contribution in [3.05, 3.63) is 62.0 Å². The van der Waals surface area contributed by atoms with Crippen LogP contribution >= 0.6 is 11.3 Å². The van der Waals surface area contributed by atoms with E-state index in [0.29, 0.717) is 38.7 Å². The highest BCUT2D eigenvalue weighted by atomic mass is 32.1. The summed E-state index contributed by atoms with van der Waals surface area (Å²) in [5.41, 5.74) is 2.31. The summed E-state index contributed by atoms with van der Waals surface area (Å²) >= 11 is 1.17. The van der Waals surface area contributed by atoms with Crippen molar-refractivity contribution >= 4 is 33.3 Å². The van der Waals surface area contributed by atoms with Gasteiger partial charge in [0, 0.05) is 18.5 Å². The topological polar surface area (TPSA) is 78.3 Å². The summed E-state index contributed by atoms with van der Waals surface area (Å²) in [7, 11) is 0. The van der Waals surface area contributed by atoms with Crippen LogP contribution in [0.1, 0.15) is 81.4 Å². The Hall–Kier alpha value is -2.80. The molecule has 1 aliphatic heterocycles. The molecule has 6 nitrogen and oxygen atoms in total. The Morgan fingerprint density at radius 2 is 1.88 bits per heavy atom. The highest BCUT2D eigenvalue weighted by Gasteiger charge is 2.24. The lowest BCUT2D eigenvalue weighted by Gasteiger charge is -2.22. The van der Waals surface area contributed by atoms with Crippen LogP contribution in [0.25, 0.3) is 10.2 Å². The number of aromatic nitrogens is 2. The van der Waals surface area contributed by atoms with Gasteiger partial charge in [-0.1, -0.05) is 43.5 Å². The van der Waals surface area contributed by atoms with Gasteiger partial charge in [-0.05, 0) is 43.2 Å². The van der Waals surface area contributed by atoms with Crippen molar-refractivity contribution in [2.75, 3.05) is 6.61 Å². The van der Waals surface area contributed by atoms with Crippen LogP contribution in [0.15, 0.2) is 29.1 Å². The molecule has 2 aromatic heterocycles. The zero-order chi connectivity index (χ0) is 22.2. The number of ketones is 1. The Bertz CT molecular complexity index is 1250. The molecule has 1 aliphatic carbocycles. The van der Waals surface area contributed by atoms with Crippen LogP contribution in [0.2, 0.25) is 0 Å². The number of carbonyl (C=O) groups excluding carboxylic acids is 2. The Balaban J connectivity index is 1.28. The van der Waals surface area contributed by atoms with Crippen molar-refractivity contribution in [3.8, 4) is 0 Å². The number of nitrogens with zero attached hydrogens (tertiary/aromatic N) is 2. The summed E-state index contributed by atoms with van der Waals surface area (Å²) in [6, 6.07) is 7.72. The number of hydrogen-bond donors (Lipinski definition) is 0. The molecule has 0 spiro atoms. The van der Waals surface area contributed by atoms with Crippen LogP contribution in [0.4, 0.5) is 0 Å². The van der Waals surface area contributed by atoms with Gasteiger partial charge in [-0.25, -0.2) is 9.78 Å². The molecule has 0 saturated heterocycles. The Kier molecular flexibility index (Phi) is 5.67. The van der Waals surface area contributed by atoms with Crippen molar-refractivity contribution in [2.24, 2.45) is 0 Å². The fourth-order valence-electron chi connectivity index (χ4n) is 4.93. The summed E-state index contributed by atoms with van der Waals surface area (Å²) in [4.78, 5) is 43.5. The van der Waals surface area contributed by atoms with Crippen molar-refractivity contribution in [1.29, 1.82) is 0 Å². The lowest BCUT2D eigenvalue weighted by Crippen LogP contribution is -2.20. The van der Waals surface area contributed by atoms with Gasteiger partial charge in [-0.2, -0.15) is 0 Å². The average Bonchev–Trinajstić information content (AvgIpc) is 3.43. The first-order chi connectivity index (χ1) is 15.5. The molecule has 1 fully saturated rings. The van der Waals surface area contributed by atoms with E-state index in [2.05, 4.69) is 4.98 Å². The minimum atomic E-state index is -0.581. The molecule has 0 N–H and O–H groups in total. The van der Waals surface area contributed by atoms with Gasteiger partial charge in [0.05, 0.1) is 5.39 Å². The lowest BCUT2D eigenvalue weighted by molar-refractivity contribution is 0.0479. The summed E-state index contributed by atoms with van der Waals surface area (Å²) in [6.07, 6.45) is 7.95. The second kappa shape index (κ2) is 8.62. The summed E-state index contributed by atoms with van der Waals surface area (Å²) in [5.74, 6) is 0.544. The van der Waals surface area contributed by atoms with Crippen molar-refractivity contribution < 1.29 is 14.3 Å². The Labute approximate surface area is 190 Å². The number of hydrogen-bond acceptors (Lipinski definition) is 6. The van der Waals surface area contributed by atoms with E-state index in [1.165, 1.54) is 49.0 Å². The smallest absolute Gasteiger partial charge is 0.349 e. The molecule has 3 heterocycles. The molecule has 0 unspecified atom stereocenters. The summed E-state index contributed by atoms with van der Waals surface area (Å²) in [6.45, 7) is 2.09. The molecular weight excluding hydrogens is 424 g/mol. The minimum Gasteiger partial charge on any atom is -0.453 e. The molecule has 0 atom stereocenters. The van der Waals surface area contributed by atoms with Gasteiger partial charge >= 0.3 is 5.97 Å². The number of esters is 1. The van der Waals surface area contributed by atoms with E-state index in [0.717, 1.165) is 18.7 Å². The number of benzene rings is 1. The molecule has 1 aromatic carbocycles. The summed E-state index contributed by atoms with van der Waals surface area (Å²) < 4.78 is 7.02. The maximum absolute atomic E-state index is 12.8. The molecule has 5 rings (SSSR count). The predicted molar refractivity (Wildman–Crippen MR) is 124 cm³/mol. The van der Waals surface area contributed by atoms with Crippen LogP contribution < -0.4 is 5.56 Å². The molecule has 1 saturated carbocycles. The molecular formula is C25H26N2O4S. The molecule has 0 amide bonds. The van der Waals surface area contributed by atoms with Crippen LogP contribution in [0.5, 0.6) is 0 Å². The van der Waals surface area contributed by atoms with E-state index in [4.69, 9.17) is 4.74 Å². The third-order valence-electron chi connectivity index (χ3n) is 6.74. The Morgan fingerprint density at radius 1 is 1.12 bits per heavy atom. The predicted octanol–water partition coefficient (Wildman–Crippen LogP) is 4.80. The van der Waals surface area contributed by atoms with E-state index < -0.39 is 5.97 Å². The van der Waals surface area contributed by atoms with Crippen LogP contribution in [-0.4, -0.2) is 27.9 Å². The van der Waals surface area contributed by atoms with Gasteiger partial charge in [0.25, 0.3) is 5.56 Å². The fourth-order valence-corrected chi connectivity index (χ4v) is 6.01. The quantitative estimate of drug-likeness (QED) is 0.412.